The van der Waals surface area contributed by atoms with Crippen LogP contribution in [0.4, 0.5) is 5.95 Å². The van der Waals surface area contributed by atoms with Gasteiger partial charge >= 0.3 is 0 Å². The van der Waals surface area contributed by atoms with Crippen molar-refractivity contribution >= 4 is 21.7 Å². The Labute approximate surface area is 152 Å². The Balaban J connectivity index is 1.71. The van der Waals surface area contributed by atoms with Crippen LogP contribution in [0.3, 0.4) is 0 Å². The lowest BCUT2D eigenvalue weighted by Crippen LogP contribution is -2.36. The third kappa shape index (κ3) is 2.74. The average Bonchev–Trinajstić information content (AvgIpc) is 3.08. The number of benzene rings is 1. The van der Waals surface area contributed by atoms with Crippen molar-refractivity contribution in [2.75, 3.05) is 32.1 Å². The van der Waals surface area contributed by atoms with Gasteiger partial charge in [0.1, 0.15) is 0 Å². The largest absolute Gasteiger partial charge is 0.347 e. The molecule has 26 heavy (non-hydrogen) atoms. The molecule has 3 heterocycles. The second-order valence-electron chi connectivity index (χ2n) is 7.00. The van der Waals surface area contributed by atoms with Gasteiger partial charge in [0.2, 0.25) is 5.95 Å². The van der Waals surface area contributed by atoms with E-state index in [2.05, 4.69) is 9.97 Å². The van der Waals surface area contributed by atoms with Gasteiger partial charge in [-0.3, -0.25) is 4.79 Å². The third-order valence-electron chi connectivity index (χ3n) is 5.03. The van der Waals surface area contributed by atoms with E-state index in [-0.39, 0.29) is 24.1 Å². The zero-order valence-electron chi connectivity index (χ0n) is 14.7. The molecule has 7 nitrogen and oxygen atoms in total. The second kappa shape index (κ2) is 6.05. The minimum atomic E-state index is -3.34. The molecule has 136 valence electrons. The van der Waals surface area contributed by atoms with Gasteiger partial charge in [-0.25, -0.2) is 18.4 Å². The molecule has 1 saturated heterocycles. The van der Waals surface area contributed by atoms with Gasteiger partial charge in [0, 0.05) is 50.4 Å². The lowest BCUT2D eigenvalue weighted by Gasteiger charge is -2.26. The fraction of sp³-hybridized carbons (Fsp3) is 0.389. The van der Waals surface area contributed by atoms with Crippen molar-refractivity contribution in [2.45, 2.75) is 16.9 Å². The van der Waals surface area contributed by atoms with Crippen LogP contribution < -0.4 is 4.90 Å². The van der Waals surface area contributed by atoms with E-state index >= 15 is 0 Å². The monoisotopic (exact) mass is 372 g/mol. The van der Waals surface area contributed by atoms with Crippen molar-refractivity contribution < 1.29 is 13.2 Å². The number of aromatic nitrogens is 2. The first-order valence-corrected chi connectivity index (χ1v) is 10.2. The Morgan fingerprint density at radius 2 is 1.92 bits per heavy atom. The SMILES string of the molecule is CN(C)c1ncc2c(n1)[C@H]1CN(C(=O)c3ccccc3)C[C@H]1S(=O)(=O)C2. The fourth-order valence-electron chi connectivity index (χ4n) is 3.71. The van der Waals surface area contributed by atoms with Crippen LogP contribution in [0.2, 0.25) is 0 Å². The highest BCUT2D eigenvalue weighted by Gasteiger charge is 2.48. The number of amides is 1. The number of nitrogens with zero attached hydrogens (tertiary/aromatic N) is 4. The quantitative estimate of drug-likeness (QED) is 0.784. The molecular weight excluding hydrogens is 352 g/mol. The Hall–Kier alpha value is -2.48. The first-order chi connectivity index (χ1) is 12.4. The summed E-state index contributed by atoms with van der Waals surface area (Å²) in [7, 11) is 0.349. The van der Waals surface area contributed by atoms with E-state index in [1.807, 2.05) is 20.2 Å². The molecule has 0 N–H and O–H groups in total. The molecule has 0 unspecified atom stereocenters. The summed E-state index contributed by atoms with van der Waals surface area (Å²) in [5.74, 6) is 0.0382. The summed E-state index contributed by atoms with van der Waals surface area (Å²) >= 11 is 0. The molecule has 0 saturated carbocycles. The van der Waals surface area contributed by atoms with Gasteiger partial charge in [-0.1, -0.05) is 18.2 Å². The number of carbonyl (C=O) groups excluding carboxylic acids is 1. The number of anilines is 1. The van der Waals surface area contributed by atoms with Crippen LogP contribution in [0, 0.1) is 0 Å². The van der Waals surface area contributed by atoms with E-state index in [9.17, 15) is 13.2 Å². The van der Waals surface area contributed by atoms with Gasteiger partial charge in [-0.15, -0.1) is 0 Å². The standard InChI is InChI=1S/C18H20N4O3S/c1-21(2)18-19-8-13-11-26(24,25)15-10-22(9-14(15)16(13)20-18)17(23)12-6-4-3-5-7-12/h3-8,14-15H,9-11H2,1-2H3/t14-,15+/m0/s1. The zero-order valence-corrected chi connectivity index (χ0v) is 15.5. The van der Waals surface area contributed by atoms with Crippen molar-refractivity contribution in [3.05, 3.63) is 53.3 Å². The van der Waals surface area contributed by atoms with Gasteiger partial charge < -0.3 is 9.80 Å². The molecule has 1 fully saturated rings. The molecule has 1 aromatic heterocycles. The molecule has 8 heteroatoms. The molecule has 2 aliphatic heterocycles. The predicted octanol–water partition coefficient (Wildman–Crippen LogP) is 1.08. The first-order valence-electron chi connectivity index (χ1n) is 8.46. The average molecular weight is 372 g/mol. The van der Waals surface area contributed by atoms with Crippen LogP contribution in [0.5, 0.6) is 0 Å². The minimum Gasteiger partial charge on any atom is -0.347 e. The number of fused-ring (bicyclic) bond motifs is 3. The molecule has 1 aromatic carbocycles. The van der Waals surface area contributed by atoms with E-state index in [0.29, 0.717) is 23.6 Å². The van der Waals surface area contributed by atoms with E-state index in [4.69, 9.17) is 0 Å². The number of rotatable bonds is 2. The molecule has 2 aliphatic rings. The molecule has 2 aromatic rings. The summed E-state index contributed by atoms with van der Waals surface area (Å²) in [5.41, 5.74) is 1.97. The maximum Gasteiger partial charge on any atom is 0.253 e. The fourth-order valence-corrected chi connectivity index (χ4v) is 5.70. The highest BCUT2D eigenvalue weighted by atomic mass is 32.2. The van der Waals surface area contributed by atoms with Gasteiger partial charge in [0.25, 0.3) is 5.91 Å². The molecular formula is C18H20N4O3S. The van der Waals surface area contributed by atoms with Gasteiger partial charge in [-0.05, 0) is 12.1 Å². The van der Waals surface area contributed by atoms with E-state index in [1.165, 1.54) is 0 Å². The topological polar surface area (TPSA) is 83.5 Å². The number of likely N-dealkylation sites (tertiary alicyclic amines) is 1. The Kier molecular flexibility index (Phi) is 3.95. The van der Waals surface area contributed by atoms with Crippen LogP contribution >= 0.6 is 0 Å². The molecule has 2 atom stereocenters. The van der Waals surface area contributed by atoms with Crippen molar-refractivity contribution in [3.63, 3.8) is 0 Å². The molecule has 1 amide bonds. The predicted molar refractivity (Wildman–Crippen MR) is 97.9 cm³/mol. The van der Waals surface area contributed by atoms with E-state index < -0.39 is 15.1 Å². The van der Waals surface area contributed by atoms with Crippen LogP contribution in [-0.2, 0) is 15.6 Å². The van der Waals surface area contributed by atoms with Crippen molar-refractivity contribution in [2.24, 2.45) is 0 Å². The molecule has 4 rings (SSSR count). The highest BCUT2D eigenvalue weighted by molar-refractivity contribution is 7.91. The molecule has 0 aliphatic carbocycles. The number of sulfone groups is 1. The van der Waals surface area contributed by atoms with Crippen LogP contribution in [0.1, 0.15) is 27.5 Å². The van der Waals surface area contributed by atoms with Crippen LogP contribution in [-0.4, -0.2) is 61.6 Å². The molecule has 0 spiro atoms. The number of hydrogen-bond acceptors (Lipinski definition) is 6. The summed E-state index contributed by atoms with van der Waals surface area (Å²) in [4.78, 5) is 25.0. The molecule has 0 radical (unpaired) electrons. The lowest BCUT2D eigenvalue weighted by molar-refractivity contribution is 0.0791. The van der Waals surface area contributed by atoms with Crippen LogP contribution in [0.15, 0.2) is 36.5 Å². The van der Waals surface area contributed by atoms with E-state index in [0.717, 1.165) is 5.69 Å². The van der Waals surface area contributed by atoms with Gasteiger partial charge in [0.05, 0.1) is 16.7 Å². The Bertz CT molecular complexity index is 960. The minimum absolute atomic E-state index is 0.0649. The zero-order chi connectivity index (χ0) is 18.5. The molecule has 0 bridgehead atoms. The summed E-state index contributed by atoms with van der Waals surface area (Å²) in [6.45, 7) is 0.565. The third-order valence-corrected chi connectivity index (χ3v) is 7.14. The number of carbonyl (C=O) groups is 1. The summed E-state index contributed by atoms with van der Waals surface area (Å²) in [6, 6.07) is 8.96. The first kappa shape index (κ1) is 17.0. The van der Waals surface area contributed by atoms with Gasteiger partial charge in [-0.2, -0.15) is 0 Å². The highest BCUT2D eigenvalue weighted by Crippen LogP contribution is 2.39. The Morgan fingerprint density at radius 3 is 2.62 bits per heavy atom. The lowest BCUT2D eigenvalue weighted by atomic mass is 10.00. The Morgan fingerprint density at radius 1 is 1.19 bits per heavy atom. The van der Waals surface area contributed by atoms with Gasteiger partial charge in [0.15, 0.2) is 9.84 Å². The maximum absolute atomic E-state index is 12.8. The maximum atomic E-state index is 12.8. The summed E-state index contributed by atoms with van der Waals surface area (Å²) < 4.78 is 25.5. The normalized spacial score (nSPS) is 23.2. The van der Waals surface area contributed by atoms with Crippen molar-refractivity contribution in [1.82, 2.24) is 14.9 Å². The smallest absolute Gasteiger partial charge is 0.253 e. The van der Waals surface area contributed by atoms with Crippen molar-refractivity contribution in [3.8, 4) is 0 Å². The summed E-state index contributed by atoms with van der Waals surface area (Å²) in [6.07, 6.45) is 1.60. The number of hydrogen-bond donors (Lipinski definition) is 0. The summed E-state index contributed by atoms with van der Waals surface area (Å²) in [5, 5.41) is -0.604. The van der Waals surface area contributed by atoms with Crippen LogP contribution in [0.25, 0.3) is 0 Å². The van der Waals surface area contributed by atoms with Crippen molar-refractivity contribution in [1.29, 1.82) is 0 Å². The second-order valence-corrected chi connectivity index (χ2v) is 9.22. The van der Waals surface area contributed by atoms with E-state index in [1.54, 1.807) is 40.3 Å².